The summed E-state index contributed by atoms with van der Waals surface area (Å²) >= 11 is 0. The number of aliphatic hydroxyl groups is 1. The van der Waals surface area contributed by atoms with Crippen LogP contribution < -0.4 is 5.32 Å². The number of halogens is 5. The summed E-state index contributed by atoms with van der Waals surface area (Å²) in [6.45, 7) is -2.42. The molecule has 0 saturated heterocycles. The van der Waals surface area contributed by atoms with Gasteiger partial charge in [0.15, 0.2) is 0 Å². The first-order valence-corrected chi connectivity index (χ1v) is 5.03. The van der Waals surface area contributed by atoms with Crippen molar-refractivity contribution in [1.82, 2.24) is 0 Å². The van der Waals surface area contributed by atoms with E-state index in [1.165, 1.54) is 6.07 Å². The number of rotatable bonds is 4. The molecule has 0 saturated carbocycles. The molecule has 19 heavy (non-hydrogen) atoms. The van der Waals surface area contributed by atoms with Gasteiger partial charge in [-0.05, 0) is 18.2 Å². The molecule has 0 atom stereocenters. The number of nitrogens with zero attached hydrogens (tertiary/aromatic N) is 1. The first-order chi connectivity index (χ1) is 8.69. The molecule has 0 aliphatic rings. The SMILES string of the molecule is N#Cc1ccc(NCC(F)(F)CO)cc1C(F)(F)F. The zero-order chi connectivity index (χ0) is 14.7. The number of aliphatic hydroxyl groups excluding tert-OH is 1. The van der Waals surface area contributed by atoms with E-state index in [9.17, 15) is 22.0 Å². The number of alkyl halides is 5. The standard InChI is InChI=1S/C11H9F5N2O/c12-10(13,6-19)5-18-8-2-1-7(4-17)9(3-8)11(14,15)16/h1-3,18-19H,5-6H2. The van der Waals surface area contributed by atoms with Crippen LogP contribution in [0.5, 0.6) is 0 Å². The second-order valence-corrected chi connectivity index (χ2v) is 3.74. The van der Waals surface area contributed by atoms with E-state index in [-0.39, 0.29) is 5.69 Å². The molecule has 0 aliphatic carbocycles. The Labute approximate surface area is 105 Å². The predicted octanol–water partition coefficient (Wildman–Crippen LogP) is 2.62. The van der Waals surface area contributed by atoms with Gasteiger partial charge in [-0.15, -0.1) is 0 Å². The Morgan fingerprint density at radius 1 is 1.21 bits per heavy atom. The molecular formula is C11H9F5N2O. The molecular weight excluding hydrogens is 271 g/mol. The van der Waals surface area contributed by atoms with Gasteiger partial charge in [0.1, 0.15) is 6.61 Å². The second kappa shape index (κ2) is 5.40. The van der Waals surface area contributed by atoms with Gasteiger partial charge in [0, 0.05) is 5.69 Å². The van der Waals surface area contributed by atoms with Gasteiger partial charge < -0.3 is 10.4 Å². The summed E-state index contributed by atoms with van der Waals surface area (Å²) in [5.41, 5.74) is -2.00. The van der Waals surface area contributed by atoms with Gasteiger partial charge in [-0.1, -0.05) is 0 Å². The van der Waals surface area contributed by atoms with Crippen molar-refractivity contribution in [3.8, 4) is 6.07 Å². The second-order valence-electron chi connectivity index (χ2n) is 3.74. The third kappa shape index (κ3) is 4.06. The van der Waals surface area contributed by atoms with Crippen LogP contribution in [0.2, 0.25) is 0 Å². The lowest BCUT2D eigenvalue weighted by Crippen LogP contribution is -2.31. The average Bonchev–Trinajstić information content (AvgIpc) is 2.35. The highest BCUT2D eigenvalue weighted by molar-refractivity contribution is 5.53. The van der Waals surface area contributed by atoms with Crippen LogP contribution in [0.15, 0.2) is 18.2 Å². The third-order valence-corrected chi connectivity index (χ3v) is 2.23. The maximum absolute atomic E-state index is 12.7. The fourth-order valence-electron chi connectivity index (χ4n) is 1.27. The van der Waals surface area contributed by atoms with Crippen molar-refractivity contribution in [1.29, 1.82) is 5.26 Å². The zero-order valence-electron chi connectivity index (χ0n) is 9.43. The summed E-state index contributed by atoms with van der Waals surface area (Å²) in [6, 6.07) is 3.93. The molecule has 0 radical (unpaired) electrons. The Morgan fingerprint density at radius 2 is 1.84 bits per heavy atom. The molecule has 1 aromatic rings. The van der Waals surface area contributed by atoms with E-state index in [2.05, 4.69) is 5.32 Å². The van der Waals surface area contributed by atoms with Crippen LogP contribution in [0.4, 0.5) is 27.6 Å². The highest BCUT2D eigenvalue weighted by Crippen LogP contribution is 2.33. The van der Waals surface area contributed by atoms with E-state index < -0.39 is 36.4 Å². The van der Waals surface area contributed by atoms with E-state index in [0.29, 0.717) is 6.07 Å². The van der Waals surface area contributed by atoms with Crippen LogP contribution >= 0.6 is 0 Å². The molecule has 3 nitrogen and oxygen atoms in total. The van der Waals surface area contributed by atoms with E-state index in [1.54, 1.807) is 0 Å². The third-order valence-electron chi connectivity index (χ3n) is 2.23. The monoisotopic (exact) mass is 280 g/mol. The van der Waals surface area contributed by atoms with Crippen molar-refractivity contribution in [3.63, 3.8) is 0 Å². The number of anilines is 1. The largest absolute Gasteiger partial charge is 0.417 e. The van der Waals surface area contributed by atoms with Gasteiger partial charge in [0.25, 0.3) is 5.92 Å². The highest BCUT2D eigenvalue weighted by atomic mass is 19.4. The van der Waals surface area contributed by atoms with Gasteiger partial charge in [-0.2, -0.15) is 18.4 Å². The summed E-state index contributed by atoms with van der Waals surface area (Å²) < 4.78 is 63.2. The van der Waals surface area contributed by atoms with Crippen molar-refractivity contribution in [2.75, 3.05) is 18.5 Å². The molecule has 0 bridgehead atoms. The Kier molecular flexibility index (Phi) is 4.32. The predicted molar refractivity (Wildman–Crippen MR) is 56.7 cm³/mol. The van der Waals surface area contributed by atoms with Crippen molar-refractivity contribution in [3.05, 3.63) is 29.3 Å². The Hall–Kier alpha value is -1.88. The number of nitrogens with one attached hydrogen (secondary N) is 1. The molecule has 1 rings (SSSR count). The molecule has 0 heterocycles. The first-order valence-electron chi connectivity index (χ1n) is 5.03. The summed E-state index contributed by atoms with van der Waals surface area (Å²) in [7, 11) is 0. The number of hydrogen-bond donors (Lipinski definition) is 2. The molecule has 0 aromatic heterocycles. The fraction of sp³-hybridized carbons (Fsp3) is 0.364. The number of hydrogen-bond acceptors (Lipinski definition) is 3. The van der Waals surface area contributed by atoms with Crippen LogP contribution in [0, 0.1) is 11.3 Å². The van der Waals surface area contributed by atoms with Crippen LogP contribution in [0.3, 0.4) is 0 Å². The first kappa shape index (κ1) is 15.2. The zero-order valence-corrected chi connectivity index (χ0v) is 9.43. The molecule has 0 fully saturated rings. The molecule has 0 unspecified atom stereocenters. The number of benzene rings is 1. The van der Waals surface area contributed by atoms with Gasteiger partial charge in [-0.3, -0.25) is 0 Å². The Bertz CT molecular complexity index is 493. The minimum Gasteiger partial charge on any atom is -0.390 e. The van der Waals surface area contributed by atoms with Crippen molar-refractivity contribution in [2.24, 2.45) is 0 Å². The maximum Gasteiger partial charge on any atom is 0.417 e. The van der Waals surface area contributed by atoms with Crippen LogP contribution in [0.1, 0.15) is 11.1 Å². The summed E-state index contributed by atoms with van der Waals surface area (Å²) in [5, 5.41) is 19.0. The molecule has 0 aliphatic heterocycles. The van der Waals surface area contributed by atoms with Crippen LogP contribution in [-0.2, 0) is 6.18 Å². The molecule has 104 valence electrons. The highest BCUT2D eigenvalue weighted by Gasteiger charge is 2.34. The quantitative estimate of drug-likeness (QED) is 0.833. The van der Waals surface area contributed by atoms with E-state index in [4.69, 9.17) is 10.4 Å². The van der Waals surface area contributed by atoms with Gasteiger partial charge in [-0.25, -0.2) is 8.78 Å². The average molecular weight is 280 g/mol. The lowest BCUT2D eigenvalue weighted by Gasteiger charge is -2.16. The summed E-state index contributed by atoms with van der Waals surface area (Å²) in [5.74, 6) is -3.44. The minimum absolute atomic E-state index is 0.209. The Balaban J connectivity index is 2.98. The van der Waals surface area contributed by atoms with E-state index in [0.717, 1.165) is 12.1 Å². The summed E-state index contributed by atoms with van der Waals surface area (Å²) in [6.07, 6.45) is -4.75. The molecule has 8 heteroatoms. The lowest BCUT2D eigenvalue weighted by atomic mass is 10.1. The minimum atomic E-state index is -4.75. The molecule has 1 aromatic carbocycles. The van der Waals surface area contributed by atoms with Crippen LogP contribution in [-0.4, -0.2) is 24.2 Å². The summed E-state index contributed by atoms with van der Waals surface area (Å²) in [4.78, 5) is 0. The lowest BCUT2D eigenvalue weighted by molar-refractivity contribution is -0.137. The van der Waals surface area contributed by atoms with Crippen LogP contribution in [0.25, 0.3) is 0 Å². The van der Waals surface area contributed by atoms with Crippen molar-refractivity contribution < 1.29 is 27.1 Å². The fourth-order valence-corrected chi connectivity index (χ4v) is 1.27. The van der Waals surface area contributed by atoms with Gasteiger partial charge >= 0.3 is 6.18 Å². The smallest absolute Gasteiger partial charge is 0.390 e. The molecule has 2 N–H and O–H groups in total. The topological polar surface area (TPSA) is 56.0 Å². The van der Waals surface area contributed by atoms with Crippen molar-refractivity contribution in [2.45, 2.75) is 12.1 Å². The number of nitriles is 1. The Morgan fingerprint density at radius 3 is 2.32 bits per heavy atom. The molecule has 0 spiro atoms. The van der Waals surface area contributed by atoms with E-state index >= 15 is 0 Å². The normalized spacial score (nSPS) is 12.1. The molecule has 0 amide bonds. The maximum atomic E-state index is 12.7. The van der Waals surface area contributed by atoms with E-state index in [1.807, 2.05) is 0 Å². The van der Waals surface area contributed by atoms with Crippen molar-refractivity contribution >= 4 is 5.69 Å². The van der Waals surface area contributed by atoms with Gasteiger partial charge in [0.05, 0.1) is 23.7 Å². The van der Waals surface area contributed by atoms with Gasteiger partial charge in [0.2, 0.25) is 0 Å².